The summed E-state index contributed by atoms with van der Waals surface area (Å²) >= 11 is 0. The molecular weight excluding hydrogens is 305 g/mol. The van der Waals surface area contributed by atoms with Gasteiger partial charge in [0.2, 0.25) is 0 Å². The number of rotatable bonds is 4. The van der Waals surface area contributed by atoms with Crippen LogP contribution in [0.15, 0.2) is 12.1 Å². The lowest BCUT2D eigenvalue weighted by Crippen LogP contribution is -2.28. The Kier molecular flexibility index (Phi) is 5.59. The Bertz CT molecular complexity index is 498. The molecule has 1 aliphatic heterocycles. The molecule has 2 nitrogen and oxygen atoms in total. The first-order chi connectivity index (χ1) is 11.1. The Morgan fingerprint density at radius 3 is 2.00 bits per heavy atom. The van der Waals surface area contributed by atoms with Crippen LogP contribution >= 0.6 is 0 Å². The van der Waals surface area contributed by atoms with E-state index in [1.54, 1.807) is 0 Å². The molecule has 5 heteroatoms. The number of hydrogen-bond acceptors (Lipinski definition) is 2. The van der Waals surface area contributed by atoms with Crippen molar-refractivity contribution in [2.24, 2.45) is 11.8 Å². The monoisotopic (exact) mass is 328 g/mol. The van der Waals surface area contributed by atoms with Crippen LogP contribution < -0.4 is 0 Å². The molecule has 1 aromatic carbocycles. The third-order valence-corrected chi connectivity index (χ3v) is 4.95. The van der Waals surface area contributed by atoms with E-state index in [0.717, 1.165) is 24.5 Å². The van der Waals surface area contributed by atoms with E-state index in [2.05, 4.69) is 0 Å². The van der Waals surface area contributed by atoms with E-state index in [9.17, 15) is 13.2 Å². The van der Waals surface area contributed by atoms with Gasteiger partial charge in [0, 0.05) is 11.5 Å². The van der Waals surface area contributed by atoms with Gasteiger partial charge in [-0.3, -0.25) is 0 Å². The van der Waals surface area contributed by atoms with Crippen LogP contribution in [0, 0.1) is 29.3 Å². The van der Waals surface area contributed by atoms with E-state index < -0.39 is 23.7 Å². The molecule has 0 aromatic heterocycles. The lowest BCUT2D eigenvalue weighted by molar-refractivity contribution is -0.206. The van der Waals surface area contributed by atoms with Gasteiger partial charge in [0.1, 0.15) is 0 Å². The molecular formula is C18H23F3O2. The van der Waals surface area contributed by atoms with Crippen molar-refractivity contribution in [3.63, 3.8) is 0 Å². The van der Waals surface area contributed by atoms with Gasteiger partial charge in [-0.1, -0.05) is 38.5 Å². The number of benzene rings is 1. The van der Waals surface area contributed by atoms with Crippen molar-refractivity contribution in [2.45, 2.75) is 51.2 Å². The molecule has 0 atom stereocenters. The minimum Gasteiger partial charge on any atom is -0.348 e. The van der Waals surface area contributed by atoms with Crippen LogP contribution in [0.4, 0.5) is 13.2 Å². The second-order valence-corrected chi connectivity index (χ2v) is 6.74. The van der Waals surface area contributed by atoms with Gasteiger partial charge in [-0.05, 0) is 24.5 Å². The summed E-state index contributed by atoms with van der Waals surface area (Å²) in [5.41, 5.74) is 0.187. The molecule has 1 aromatic rings. The number of ether oxygens (including phenoxy) is 2. The molecule has 1 saturated carbocycles. The average Bonchev–Trinajstić information content (AvgIpc) is 2.59. The third-order valence-electron chi connectivity index (χ3n) is 4.95. The maximum atomic E-state index is 13.3. The van der Waals surface area contributed by atoms with Gasteiger partial charge in [0.05, 0.1) is 13.2 Å². The van der Waals surface area contributed by atoms with Crippen molar-refractivity contribution in [2.75, 3.05) is 13.2 Å². The highest BCUT2D eigenvalue weighted by atomic mass is 19.2. The quantitative estimate of drug-likeness (QED) is 0.714. The first-order valence-electron chi connectivity index (χ1n) is 8.51. The Balaban J connectivity index is 1.48. The standard InChI is InChI=1S/C18H23F3O2/c19-15-8-14(9-16(20)17(15)21)18-22-10-13(11-23-18)7-6-12-4-2-1-3-5-12/h8-9,12-13,18H,1-7,10-11H2. The summed E-state index contributed by atoms with van der Waals surface area (Å²) in [4.78, 5) is 0. The first-order valence-corrected chi connectivity index (χ1v) is 8.51. The molecule has 0 radical (unpaired) electrons. The van der Waals surface area contributed by atoms with Gasteiger partial charge < -0.3 is 9.47 Å². The summed E-state index contributed by atoms with van der Waals surface area (Å²) in [6.45, 7) is 1.02. The minimum atomic E-state index is -1.46. The second-order valence-electron chi connectivity index (χ2n) is 6.74. The predicted octanol–water partition coefficient (Wildman–Crippen LogP) is 5.13. The average molecular weight is 328 g/mol. The molecule has 1 heterocycles. The fraction of sp³-hybridized carbons (Fsp3) is 0.667. The molecule has 0 N–H and O–H groups in total. The van der Waals surface area contributed by atoms with Gasteiger partial charge in [-0.2, -0.15) is 0 Å². The van der Waals surface area contributed by atoms with Crippen LogP contribution in [-0.4, -0.2) is 13.2 Å². The number of hydrogen-bond donors (Lipinski definition) is 0. The largest absolute Gasteiger partial charge is 0.348 e. The minimum absolute atomic E-state index is 0.187. The van der Waals surface area contributed by atoms with Crippen LogP contribution in [0.3, 0.4) is 0 Å². The summed E-state index contributed by atoms with van der Waals surface area (Å²) in [6, 6.07) is 1.87. The van der Waals surface area contributed by atoms with Crippen LogP contribution in [0.1, 0.15) is 56.8 Å². The maximum Gasteiger partial charge on any atom is 0.194 e. The van der Waals surface area contributed by atoms with E-state index in [1.807, 2.05) is 0 Å². The highest BCUT2D eigenvalue weighted by Gasteiger charge is 2.26. The second kappa shape index (κ2) is 7.67. The fourth-order valence-electron chi connectivity index (χ4n) is 3.56. The SMILES string of the molecule is Fc1cc(C2OCC(CCC3CCCCC3)CO2)cc(F)c1F. The molecule has 1 saturated heterocycles. The van der Waals surface area contributed by atoms with Crippen molar-refractivity contribution in [3.8, 4) is 0 Å². The summed E-state index contributed by atoms with van der Waals surface area (Å²) < 4.78 is 50.7. The van der Waals surface area contributed by atoms with Crippen molar-refractivity contribution in [1.82, 2.24) is 0 Å². The highest BCUT2D eigenvalue weighted by molar-refractivity contribution is 5.20. The molecule has 128 valence electrons. The fourth-order valence-corrected chi connectivity index (χ4v) is 3.56. The molecule has 3 rings (SSSR count). The van der Waals surface area contributed by atoms with Gasteiger partial charge in [-0.25, -0.2) is 13.2 Å². The van der Waals surface area contributed by atoms with Crippen molar-refractivity contribution >= 4 is 0 Å². The zero-order chi connectivity index (χ0) is 16.2. The molecule has 23 heavy (non-hydrogen) atoms. The lowest BCUT2D eigenvalue weighted by Gasteiger charge is -2.31. The van der Waals surface area contributed by atoms with Gasteiger partial charge in [-0.15, -0.1) is 0 Å². The summed E-state index contributed by atoms with van der Waals surface area (Å²) in [5, 5.41) is 0. The van der Waals surface area contributed by atoms with Crippen LogP contribution in [-0.2, 0) is 9.47 Å². The molecule has 1 aliphatic carbocycles. The Morgan fingerprint density at radius 1 is 0.826 bits per heavy atom. The van der Waals surface area contributed by atoms with E-state index in [-0.39, 0.29) is 5.56 Å². The molecule has 2 aliphatic rings. The van der Waals surface area contributed by atoms with Crippen LogP contribution in [0.2, 0.25) is 0 Å². The van der Waals surface area contributed by atoms with Crippen LogP contribution in [0.25, 0.3) is 0 Å². The Hall–Kier alpha value is -1.07. The van der Waals surface area contributed by atoms with Gasteiger partial charge in [0.25, 0.3) is 0 Å². The first kappa shape index (κ1) is 16.8. The predicted molar refractivity (Wildman–Crippen MR) is 80.3 cm³/mol. The van der Waals surface area contributed by atoms with E-state index in [0.29, 0.717) is 19.1 Å². The molecule has 2 fully saturated rings. The Morgan fingerprint density at radius 2 is 1.39 bits per heavy atom. The topological polar surface area (TPSA) is 18.5 Å². The zero-order valence-corrected chi connectivity index (χ0v) is 13.2. The van der Waals surface area contributed by atoms with Gasteiger partial charge >= 0.3 is 0 Å². The van der Waals surface area contributed by atoms with Crippen molar-refractivity contribution in [3.05, 3.63) is 35.1 Å². The van der Waals surface area contributed by atoms with E-state index >= 15 is 0 Å². The third kappa shape index (κ3) is 4.27. The summed E-state index contributed by atoms with van der Waals surface area (Å²) in [5.74, 6) is -2.75. The summed E-state index contributed by atoms with van der Waals surface area (Å²) in [7, 11) is 0. The lowest BCUT2D eigenvalue weighted by atomic mass is 9.84. The van der Waals surface area contributed by atoms with Gasteiger partial charge in [0.15, 0.2) is 23.7 Å². The maximum absolute atomic E-state index is 13.3. The number of halogens is 3. The molecule has 0 unspecified atom stereocenters. The van der Waals surface area contributed by atoms with E-state index in [4.69, 9.17) is 9.47 Å². The normalized spacial score (nSPS) is 26.4. The molecule has 0 spiro atoms. The Labute approximate surface area is 135 Å². The summed E-state index contributed by atoms with van der Waals surface area (Å²) in [6.07, 6.45) is 8.13. The van der Waals surface area contributed by atoms with Crippen LogP contribution in [0.5, 0.6) is 0 Å². The van der Waals surface area contributed by atoms with E-state index in [1.165, 1.54) is 38.5 Å². The smallest absolute Gasteiger partial charge is 0.194 e. The molecule has 0 bridgehead atoms. The molecule has 0 amide bonds. The zero-order valence-electron chi connectivity index (χ0n) is 13.2. The van der Waals surface area contributed by atoms with Crippen molar-refractivity contribution < 1.29 is 22.6 Å². The highest BCUT2D eigenvalue weighted by Crippen LogP contribution is 2.32. The van der Waals surface area contributed by atoms with Crippen molar-refractivity contribution in [1.29, 1.82) is 0 Å².